The highest BCUT2D eigenvalue weighted by Gasteiger charge is 2.12. The van der Waals surface area contributed by atoms with Gasteiger partial charge in [0.25, 0.3) is 0 Å². The first-order chi connectivity index (χ1) is 13.6. The van der Waals surface area contributed by atoms with E-state index in [1.165, 1.54) is 23.5 Å². The van der Waals surface area contributed by atoms with Crippen molar-refractivity contribution in [3.8, 4) is 22.8 Å². The van der Waals surface area contributed by atoms with Crippen LogP contribution < -0.4 is 15.8 Å². The number of methoxy groups -OCH3 is 1. The lowest BCUT2D eigenvalue weighted by Gasteiger charge is -2.00. The van der Waals surface area contributed by atoms with Crippen molar-refractivity contribution in [1.29, 1.82) is 0 Å². The number of hydrogen-bond acceptors (Lipinski definition) is 8. The maximum Gasteiger partial charge on any atom is 0.345 e. The van der Waals surface area contributed by atoms with Gasteiger partial charge in [0.1, 0.15) is 17.1 Å². The molecule has 0 aliphatic rings. The Bertz CT molecular complexity index is 1210. The number of rotatable bonds is 5. The summed E-state index contributed by atoms with van der Waals surface area (Å²) in [4.78, 5) is 16.7. The van der Waals surface area contributed by atoms with Gasteiger partial charge in [-0.1, -0.05) is 0 Å². The predicted octanol–water partition coefficient (Wildman–Crippen LogP) is 4.08. The number of thiazole rings is 1. The lowest BCUT2D eigenvalue weighted by atomic mass is 10.1. The van der Waals surface area contributed by atoms with E-state index in [9.17, 15) is 9.90 Å². The molecule has 0 atom stereocenters. The first-order valence-corrected chi connectivity index (χ1v) is 9.16. The molecule has 0 bridgehead atoms. The van der Waals surface area contributed by atoms with Crippen molar-refractivity contribution in [2.24, 2.45) is 5.10 Å². The summed E-state index contributed by atoms with van der Waals surface area (Å²) >= 11 is 1.33. The molecule has 0 fully saturated rings. The van der Waals surface area contributed by atoms with Crippen LogP contribution in [-0.4, -0.2) is 23.4 Å². The van der Waals surface area contributed by atoms with Crippen molar-refractivity contribution in [1.82, 2.24) is 4.98 Å². The van der Waals surface area contributed by atoms with Crippen LogP contribution in [0.3, 0.4) is 0 Å². The van der Waals surface area contributed by atoms with Gasteiger partial charge in [-0.25, -0.2) is 9.78 Å². The minimum Gasteiger partial charge on any atom is -0.508 e. The lowest BCUT2D eigenvalue weighted by molar-refractivity contribution is 0.415. The number of fused-ring (bicyclic) bond motifs is 1. The zero-order chi connectivity index (χ0) is 19.5. The van der Waals surface area contributed by atoms with Crippen LogP contribution in [0.1, 0.15) is 5.56 Å². The summed E-state index contributed by atoms with van der Waals surface area (Å²) in [7, 11) is 1.62. The van der Waals surface area contributed by atoms with Crippen LogP contribution in [0.2, 0.25) is 0 Å². The number of hydrogen-bond donors (Lipinski definition) is 2. The van der Waals surface area contributed by atoms with E-state index >= 15 is 0 Å². The summed E-state index contributed by atoms with van der Waals surface area (Å²) in [5.41, 5.74) is 4.42. The third-order valence-corrected chi connectivity index (χ3v) is 4.74. The van der Waals surface area contributed by atoms with Crippen LogP contribution in [0.15, 0.2) is 68.2 Å². The highest BCUT2D eigenvalue weighted by Crippen LogP contribution is 2.26. The Morgan fingerprint density at radius 1 is 1.21 bits per heavy atom. The van der Waals surface area contributed by atoms with E-state index in [1.807, 2.05) is 24.3 Å². The Balaban J connectivity index is 1.53. The Morgan fingerprint density at radius 3 is 2.82 bits per heavy atom. The van der Waals surface area contributed by atoms with Gasteiger partial charge in [0, 0.05) is 16.8 Å². The average molecular weight is 393 g/mol. The molecular weight excluding hydrogens is 378 g/mol. The van der Waals surface area contributed by atoms with Gasteiger partial charge in [-0.05, 0) is 48.0 Å². The molecule has 0 aliphatic carbocycles. The molecule has 28 heavy (non-hydrogen) atoms. The van der Waals surface area contributed by atoms with Crippen molar-refractivity contribution in [2.45, 2.75) is 0 Å². The fourth-order valence-corrected chi connectivity index (χ4v) is 3.24. The normalized spacial score (nSPS) is 11.2. The van der Waals surface area contributed by atoms with Crippen molar-refractivity contribution in [3.05, 3.63) is 69.9 Å². The molecule has 0 saturated carbocycles. The Labute approximate surface area is 163 Å². The lowest BCUT2D eigenvalue weighted by Crippen LogP contribution is -2.03. The fourth-order valence-electron chi connectivity index (χ4n) is 2.58. The third-order valence-electron chi connectivity index (χ3n) is 3.99. The number of ether oxygens (including phenoxy) is 1. The van der Waals surface area contributed by atoms with E-state index in [2.05, 4.69) is 15.5 Å². The molecule has 4 rings (SSSR count). The quantitative estimate of drug-likeness (QED) is 0.301. The Kier molecular flexibility index (Phi) is 4.77. The number of nitrogens with zero attached hydrogens (tertiary/aromatic N) is 2. The largest absolute Gasteiger partial charge is 0.508 e. The minimum absolute atomic E-state index is 0.0401. The van der Waals surface area contributed by atoms with Crippen LogP contribution in [0, 0.1) is 0 Å². The molecule has 7 nitrogen and oxygen atoms in total. The maximum absolute atomic E-state index is 12.3. The molecule has 0 aliphatic heterocycles. The van der Waals surface area contributed by atoms with E-state index < -0.39 is 5.63 Å². The first kappa shape index (κ1) is 17.7. The molecule has 0 saturated heterocycles. The summed E-state index contributed by atoms with van der Waals surface area (Å²) in [6.45, 7) is 0. The second-order valence-electron chi connectivity index (χ2n) is 5.85. The summed E-state index contributed by atoms with van der Waals surface area (Å²) in [5.74, 6) is 0.817. The van der Waals surface area contributed by atoms with Crippen LogP contribution in [0.5, 0.6) is 11.5 Å². The number of aromatic hydroxyl groups is 1. The molecule has 0 radical (unpaired) electrons. The molecule has 4 aromatic rings. The van der Waals surface area contributed by atoms with Gasteiger partial charge >= 0.3 is 5.63 Å². The number of aromatic nitrogens is 1. The molecule has 0 amide bonds. The van der Waals surface area contributed by atoms with Gasteiger partial charge in [0.15, 0.2) is 0 Å². The van der Waals surface area contributed by atoms with E-state index in [1.54, 1.807) is 30.8 Å². The van der Waals surface area contributed by atoms with E-state index in [0.29, 0.717) is 27.4 Å². The standard InChI is InChI=1S/C20H15N3O4S/c1-26-15-6-2-12(3-7-15)10-21-23-20-22-17(11-28-20)16-8-13-4-5-14(24)9-18(13)27-19(16)25/h2-11,24H,1H3,(H,22,23)/b21-10+. The zero-order valence-corrected chi connectivity index (χ0v) is 15.6. The van der Waals surface area contributed by atoms with Gasteiger partial charge in [0.05, 0.1) is 24.6 Å². The zero-order valence-electron chi connectivity index (χ0n) is 14.7. The van der Waals surface area contributed by atoms with Crippen LogP contribution in [0.25, 0.3) is 22.2 Å². The maximum atomic E-state index is 12.3. The molecule has 2 heterocycles. The summed E-state index contributed by atoms with van der Waals surface area (Å²) < 4.78 is 10.4. The molecule has 8 heteroatoms. The van der Waals surface area contributed by atoms with E-state index in [0.717, 1.165) is 11.3 Å². The van der Waals surface area contributed by atoms with Crippen molar-refractivity contribution >= 4 is 33.7 Å². The molecule has 140 valence electrons. The number of phenolic OH excluding ortho intramolecular Hbond substituents is 1. The van der Waals surface area contributed by atoms with Crippen LogP contribution in [0.4, 0.5) is 5.13 Å². The smallest absolute Gasteiger partial charge is 0.345 e. The van der Waals surface area contributed by atoms with Gasteiger partial charge in [-0.3, -0.25) is 5.43 Å². The van der Waals surface area contributed by atoms with Crippen molar-refractivity contribution in [2.75, 3.05) is 12.5 Å². The second kappa shape index (κ2) is 7.53. The second-order valence-corrected chi connectivity index (χ2v) is 6.71. The van der Waals surface area contributed by atoms with E-state index in [-0.39, 0.29) is 5.75 Å². The summed E-state index contributed by atoms with van der Waals surface area (Å²) in [6, 6.07) is 13.8. The Morgan fingerprint density at radius 2 is 2.04 bits per heavy atom. The Hall–Kier alpha value is -3.65. The molecule has 2 aromatic heterocycles. The fraction of sp³-hybridized carbons (Fsp3) is 0.0500. The van der Waals surface area contributed by atoms with Crippen LogP contribution in [-0.2, 0) is 0 Å². The summed E-state index contributed by atoms with van der Waals surface area (Å²) in [5, 5.41) is 16.7. The molecule has 0 unspecified atom stereocenters. The number of nitrogens with one attached hydrogen (secondary N) is 1. The SMILES string of the molecule is COc1ccc(/C=N/Nc2nc(-c3cc4ccc(O)cc4oc3=O)cs2)cc1. The topological polar surface area (TPSA) is 96.9 Å². The van der Waals surface area contributed by atoms with Gasteiger partial charge in [-0.2, -0.15) is 5.10 Å². The van der Waals surface area contributed by atoms with Crippen LogP contribution >= 0.6 is 11.3 Å². The third kappa shape index (κ3) is 3.72. The van der Waals surface area contributed by atoms with Gasteiger partial charge in [-0.15, -0.1) is 11.3 Å². The number of phenols is 1. The van der Waals surface area contributed by atoms with Gasteiger partial charge in [0.2, 0.25) is 5.13 Å². The van der Waals surface area contributed by atoms with E-state index in [4.69, 9.17) is 9.15 Å². The average Bonchev–Trinajstić information content (AvgIpc) is 3.16. The first-order valence-electron chi connectivity index (χ1n) is 8.28. The monoisotopic (exact) mass is 393 g/mol. The number of anilines is 1. The molecule has 2 aromatic carbocycles. The summed E-state index contributed by atoms with van der Waals surface area (Å²) in [6.07, 6.45) is 1.66. The van der Waals surface area contributed by atoms with Crippen molar-refractivity contribution in [3.63, 3.8) is 0 Å². The minimum atomic E-state index is -0.517. The number of hydrazone groups is 1. The highest BCUT2D eigenvalue weighted by molar-refractivity contribution is 7.14. The van der Waals surface area contributed by atoms with Gasteiger partial charge < -0.3 is 14.3 Å². The molecule has 2 N–H and O–H groups in total. The number of benzene rings is 2. The molecule has 0 spiro atoms. The predicted molar refractivity (Wildman–Crippen MR) is 109 cm³/mol. The highest BCUT2D eigenvalue weighted by atomic mass is 32.1. The van der Waals surface area contributed by atoms with Crippen molar-refractivity contribution < 1.29 is 14.3 Å². The molecular formula is C20H15N3O4S.